The van der Waals surface area contributed by atoms with Gasteiger partial charge in [-0.25, -0.2) is 18.6 Å². The van der Waals surface area contributed by atoms with E-state index in [0.29, 0.717) is 27.4 Å². The molecule has 0 aliphatic rings. The van der Waals surface area contributed by atoms with Crippen molar-refractivity contribution in [1.29, 1.82) is 0 Å². The number of esters is 1. The first kappa shape index (κ1) is 22.4. The molecule has 0 saturated heterocycles. The van der Waals surface area contributed by atoms with Crippen molar-refractivity contribution in [3.63, 3.8) is 0 Å². The summed E-state index contributed by atoms with van der Waals surface area (Å²) in [6, 6.07) is 11.1. The minimum Gasteiger partial charge on any atom is -0.465 e. The van der Waals surface area contributed by atoms with Crippen LogP contribution < -0.4 is 9.73 Å². The largest absolute Gasteiger partial charge is 0.465 e. The van der Waals surface area contributed by atoms with Crippen molar-refractivity contribution in [3.8, 4) is 0 Å². The summed E-state index contributed by atoms with van der Waals surface area (Å²) in [4.78, 5) is 23.6. The van der Waals surface area contributed by atoms with Crippen LogP contribution in [0.15, 0.2) is 47.6 Å². The molecule has 0 radical (unpaired) electrons. The maximum absolute atomic E-state index is 12.2. The number of nitrogens with zero attached hydrogens (tertiary/aromatic N) is 2. The van der Waals surface area contributed by atoms with Gasteiger partial charge in [0.15, 0.2) is 0 Å². The van der Waals surface area contributed by atoms with Gasteiger partial charge in [-0.2, -0.15) is 5.10 Å². The zero-order chi connectivity index (χ0) is 21.6. The Bertz CT molecular complexity index is 1040. The SMILES string of the molecule is COC(=O)c1ccc(/C=N\NC(=O)CN(c2ccc(Cl)cc2C)S(C)(=O)=O)cc1. The number of aryl methyl sites for hydroxylation is 1. The maximum atomic E-state index is 12.2. The molecule has 0 aliphatic carbocycles. The molecule has 0 heterocycles. The van der Waals surface area contributed by atoms with Gasteiger partial charge in [0, 0.05) is 5.02 Å². The molecule has 0 saturated carbocycles. The highest BCUT2D eigenvalue weighted by molar-refractivity contribution is 7.92. The van der Waals surface area contributed by atoms with E-state index in [-0.39, 0.29) is 0 Å². The van der Waals surface area contributed by atoms with Crippen LogP contribution in [-0.2, 0) is 19.6 Å². The molecule has 0 aliphatic heterocycles. The number of carbonyl (C=O) groups excluding carboxylic acids is 2. The van der Waals surface area contributed by atoms with Crippen molar-refractivity contribution in [2.75, 3.05) is 24.2 Å². The number of ether oxygens (including phenoxy) is 1. The molecule has 10 heteroatoms. The third-order valence-electron chi connectivity index (χ3n) is 3.85. The fourth-order valence-corrected chi connectivity index (χ4v) is 3.59. The predicted molar refractivity (Wildman–Crippen MR) is 112 cm³/mol. The van der Waals surface area contributed by atoms with E-state index in [1.165, 1.54) is 19.4 Å². The first-order chi connectivity index (χ1) is 13.6. The molecule has 29 heavy (non-hydrogen) atoms. The Hall–Kier alpha value is -2.91. The van der Waals surface area contributed by atoms with Gasteiger partial charge >= 0.3 is 5.97 Å². The molecule has 2 aromatic rings. The standard InChI is InChI=1S/C19H20ClN3O5S/c1-13-10-16(20)8-9-17(13)23(29(3,26)27)12-18(24)22-21-11-14-4-6-15(7-5-14)19(25)28-2/h4-11H,12H2,1-3H3,(H,22,24)/b21-11-. The van der Waals surface area contributed by atoms with Gasteiger partial charge in [0.25, 0.3) is 5.91 Å². The highest BCUT2D eigenvalue weighted by Gasteiger charge is 2.22. The number of hydrogen-bond acceptors (Lipinski definition) is 6. The number of amides is 1. The van der Waals surface area contributed by atoms with E-state index >= 15 is 0 Å². The number of nitrogens with one attached hydrogen (secondary N) is 1. The number of halogens is 1. The molecule has 1 N–H and O–H groups in total. The second kappa shape index (κ2) is 9.53. The van der Waals surface area contributed by atoms with Crippen LogP contribution in [0.25, 0.3) is 0 Å². The lowest BCUT2D eigenvalue weighted by molar-refractivity contribution is -0.119. The summed E-state index contributed by atoms with van der Waals surface area (Å²) in [5.41, 5.74) is 4.28. The highest BCUT2D eigenvalue weighted by Crippen LogP contribution is 2.25. The number of hydrogen-bond donors (Lipinski definition) is 1. The number of anilines is 1. The maximum Gasteiger partial charge on any atom is 0.337 e. The smallest absolute Gasteiger partial charge is 0.337 e. The lowest BCUT2D eigenvalue weighted by atomic mass is 10.1. The summed E-state index contributed by atoms with van der Waals surface area (Å²) < 4.78 is 29.9. The van der Waals surface area contributed by atoms with Crippen molar-refractivity contribution in [2.45, 2.75) is 6.92 Å². The van der Waals surface area contributed by atoms with Crippen LogP contribution >= 0.6 is 11.6 Å². The fourth-order valence-electron chi connectivity index (χ4n) is 2.45. The van der Waals surface area contributed by atoms with Crippen molar-refractivity contribution < 1.29 is 22.7 Å². The van der Waals surface area contributed by atoms with Gasteiger partial charge in [-0.3, -0.25) is 9.10 Å². The Kier molecular flexibility index (Phi) is 7.35. The first-order valence-electron chi connectivity index (χ1n) is 8.36. The summed E-state index contributed by atoms with van der Waals surface area (Å²) >= 11 is 5.91. The predicted octanol–water partition coefficient (Wildman–Crippen LogP) is 2.35. The summed E-state index contributed by atoms with van der Waals surface area (Å²) in [5.74, 6) is -1.08. The number of sulfonamides is 1. The molecule has 0 atom stereocenters. The van der Waals surface area contributed by atoms with E-state index in [2.05, 4.69) is 15.3 Å². The lowest BCUT2D eigenvalue weighted by Gasteiger charge is -2.23. The van der Waals surface area contributed by atoms with Crippen LogP contribution in [0.1, 0.15) is 21.5 Å². The van der Waals surface area contributed by atoms with E-state index < -0.39 is 28.4 Å². The van der Waals surface area contributed by atoms with E-state index in [1.807, 2.05) is 0 Å². The van der Waals surface area contributed by atoms with Crippen molar-refractivity contribution in [2.24, 2.45) is 5.10 Å². The lowest BCUT2D eigenvalue weighted by Crippen LogP contribution is -2.39. The van der Waals surface area contributed by atoms with Gasteiger partial charge in [0.1, 0.15) is 6.54 Å². The van der Waals surface area contributed by atoms with Crippen LogP contribution in [-0.4, -0.2) is 46.4 Å². The Morgan fingerprint density at radius 2 is 1.86 bits per heavy atom. The van der Waals surface area contributed by atoms with E-state index in [4.69, 9.17) is 11.6 Å². The molecule has 0 fully saturated rings. The molecule has 0 bridgehead atoms. The molecule has 0 aromatic heterocycles. The minimum atomic E-state index is -3.71. The summed E-state index contributed by atoms with van der Waals surface area (Å²) in [6.07, 6.45) is 2.39. The van der Waals surface area contributed by atoms with Crippen molar-refractivity contribution >= 4 is 45.4 Å². The van der Waals surface area contributed by atoms with E-state index in [1.54, 1.807) is 43.3 Å². The van der Waals surface area contributed by atoms with E-state index in [9.17, 15) is 18.0 Å². The molecular weight excluding hydrogens is 418 g/mol. The van der Waals surface area contributed by atoms with Crippen LogP contribution in [0, 0.1) is 6.92 Å². The second-order valence-corrected chi connectivity index (χ2v) is 8.45. The van der Waals surface area contributed by atoms with Crippen molar-refractivity contribution in [3.05, 3.63) is 64.2 Å². The number of carbonyl (C=O) groups is 2. The minimum absolute atomic E-state index is 0.356. The Balaban J connectivity index is 2.07. The first-order valence-corrected chi connectivity index (χ1v) is 10.6. The van der Waals surface area contributed by atoms with Gasteiger partial charge in [-0.15, -0.1) is 0 Å². The number of benzene rings is 2. The highest BCUT2D eigenvalue weighted by atomic mass is 35.5. The fraction of sp³-hybridized carbons (Fsp3) is 0.211. The quantitative estimate of drug-likeness (QED) is 0.406. The summed E-state index contributed by atoms with van der Waals surface area (Å²) in [5, 5.41) is 4.28. The van der Waals surface area contributed by atoms with Crippen LogP contribution in [0.3, 0.4) is 0 Å². The van der Waals surface area contributed by atoms with Gasteiger partial charge in [-0.05, 0) is 48.4 Å². The number of rotatable bonds is 7. The molecule has 1 amide bonds. The summed E-state index contributed by atoms with van der Waals surface area (Å²) in [7, 11) is -2.42. The monoisotopic (exact) mass is 437 g/mol. The molecule has 2 rings (SSSR count). The molecule has 154 valence electrons. The molecule has 2 aromatic carbocycles. The topological polar surface area (TPSA) is 105 Å². The van der Waals surface area contributed by atoms with Crippen molar-refractivity contribution in [1.82, 2.24) is 5.43 Å². The van der Waals surface area contributed by atoms with Gasteiger partial charge < -0.3 is 4.74 Å². The summed E-state index contributed by atoms with van der Waals surface area (Å²) in [6.45, 7) is 1.26. The van der Waals surface area contributed by atoms with Crippen LogP contribution in [0.2, 0.25) is 5.02 Å². The average Bonchev–Trinajstić information content (AvgIpc) is 2.66. The number of hydrazone groups is 1. The third-order valence-corrected chi connectivity index (χ3v) is 5.21. The number of methoxy groups -OCH3 is 1. The molecule has 8 nitrogen and oxygen atoms in total. The zero-order valence-electron chi connectivity index (χ0n) is 16.0. The molecule has 0 unspecified atom stereocenters. The van der Waals surface area contributed by atoms with E-state index in [0.717, 1.165) is 10.6 Å². The third kappa shape index (κ3) is 6.30. The second-order valence-electron chi connectivity index (χ2n) is 6.11. The molecule has 0 spiro atoms. The average molecular weight is 438 g/mol. The normalized spacial score (nSPS) is 11.3. The Morgan fingerprint density at radius 1 is 1.21 bits per heavy atom. The van der Waals surface area contributed by atoms with Crippen LogP contribution in [0.5, 0.6) is 0 Å². The van der Waals surface area contributed by atoms with Gasteiger partial charge in [0.05, 0.1) is 30.8 Å². The Morgan fingerprint density at radius 3 is 2.41 bits per heavy atom. The molecular formula is C19H20ClN3O5S. The Labute approximate surface area is 174 Å². The van der Waals surface area contributed by atoms with Crippen LogP contribution in [0.4, 0.5) is 5.69 Å². The zero-order valence-corrected chi connectivity index (χ0v) is 17.6. The van der Waals surface area contributed by atoms with Gasteiger partial charge in [-0.1, -0.05) is 23.7 Å². The van der Waals surface area contributed by atoms with Gasteiger partial charge in [0.2, 0.25) is 10.0 Å².